The van der Waals surface area contributed by atoms with Crippen LogP contribution in [0.3, 0.4) is 0 Å². The number of fused-ring (bicyclic) bond motifs is 1. The van der Waals surface area contributed by atoms with Gasteiger partial charge in [0.25, 0.3) is 0 Å². The lowest BCUT2D eigenvalue weighted by Crippen LogP contribution is -2.43. The molecule has 1 aromatic heterocycles. The highest BCUT2D eigenvalue weighted by molar-refractivity contribution is 5.81. The van der Waals surface area contributed by atoms with Gasteiger partial charge in [0.15, 0.2) is 0 Å². The zero-order valence-electron chi connectivity index (χ0n) is 9.93. The molecule has 0 aliphatic carbocycles. The number of rotatable bonds is 1. The van der Waals surface area contributed by atoms with Gasteiger partial charge in [0.2, 0.25) is 0 Å². The van der Waals surface area contributed by atoms with Gasteiger partial charge in [-0.05, 0) is 12.1 Å². The topological polar surface area (TPSA) is 64.8 Å². The number of benzene rings is 1. The molecular formula is C13H13N5. The van der Waals surface area contributed by atoms with Crippen molar-refractivity contribution in [2.75, 3.05) is 31.1 Å². The van der Waals surface area contributed by atoms with Crippen LogP contribution in [-0.2, 0) is 0 Å². The molecule has 2 aromatic rings. The Bertz CT molecular complexity index is 610. The zero-order chi connectivity index (χ0) is 12.4. The molecule has 1 aliphatic rings. The van der Waals surface area contributed by atoms with E-state index in [1.807, 2.05) is 12.1 Å². The van der Waals surface area contributed by atoms with E-state index >= 15 is 0 Å². The van der Waals surface area contributed by atoms with Crippen molar-refractivity contribution in [1.82, 2.24) is 15.3 Å². The van der Waals surface area contributed by atoms with Gasteiger partial charge in [-0.15, -0.1) is 0 Å². The van der Waals surface area contributed by atoms with Gasteiger partial charge in [0.05, 0.1) is 17.3 Å². The Hall–Kier alpha value is -2.19. The molecule has 0 spiro atoms. The van der Waals surface area contributed by atoms with Crippen molar-refractivity contribution in [1.29, 1.82) is 5.26 Å². The highest BCUT2D eigenvalue weighted by Crippen LogP contribution is 2.18. The summed E-state index contributed by atoms with van der Waals surface area (Å²) in [5.74, 6) is 0.853. The predicted molar refractivity (Wildman–Crippen MR) is 69.3 cm³/mol. The van der Waals surface area contributed by atoms with Crippen LogP contribution in [0.15, 0.2) is 24.4 Å². The van der Waals surface area contributed by atoms with Crippen molar-refractivity contribution in [2.24, 2.45) is 0 Å². The summed E-state index contributed by atoms with van der Waals surface area (Å²) in [4.78, 5) is 11.2. The third-order valence-corrected chi connectivity index (χ3v) is 3.12. The Morgan fingerprint density at radius 2 is 2.11 bits per heavy atom. The van der Waals surface area contributed by atoms with Crippen LogP contribution in [0.25, 0.3) is 11.0 Å². The number of nitriles is 1. The van der Waals surface area contributed by atoms with Crippen LogP contribution in [0.4, 0.5) is 5.82 Å². The van der Waals surface area contributed by atoms with Crippen molar-refractivity contribution >= 4 is 16.9 Å². The van der Waals surface area contributed by atoms with Crippen molar-refractivity contribution in [3.05, 3.63) is 30.0 Å². The predicted octanol–water partition coefficient (Wildman–Crippen LogP) is 0.911. The lowest BCUT2D eigenvalue weighted by Gasteiger charge is -2.28. The largest absolute Gasteiger partial charge is 0.353 e. The lowest BCUT2D eigenvalue weighted by molar-refractivity contribution is 0.585. The van der Waals surface area contributed by atoms with Gasteiger partial charge in [0, 0.05) is 26.2 Å². The average molecular weight is 239 g/mol. The molecular weight excluding hydrogens is 226 g/mol. The molecule has 3 rings (SSSR count). The van der Waals surface area contributed by atoms with E-state index in [1.165, 1.54) is 0 Å². The summed E-state index contributed by atoms with van der Waals surface area (Å²) in [5, 5.41) is 12.4. The Labute approximate surface area is 105 Å². The van der Waals surface area contributed by atoms with Gasteiger partial charge in [0.1, 0.15) is 17.4 Å². The van der Waals surface area contributed by atoms with E-state index in [2.05, 4.69) is 26.3 Å². The molecule has 0 saturated carbocycles. The maximum absolute atomic E-state index is 9.10. The Morgan fingerprint density at radius 3 is 2.89 bits per heavy atom. The maximum Gasteiger partial charge on any atom is 0.147 e. The second kappa shape index (κ2) is 4.59. The number of hydrogen-bond acceptors (Lipinski definition) is 5. The molecule has 1 aliphatic heterocycles. The van der Waals surface area contributed by atoms with Gasteiger partial charge in [-0.3, -0.25) is 4.98 Å². The van der Waals surface area contributed by atoms with Gasteiger partial charge in [-0.1, -0.05) is 6.07 Å². The first-order valence-corrected chi connectivity index (χ1v) is 6.00. The summed E-state index contributed by atoms with van der Waals surface area (Å²) in [6.45, 7) is 3.77. The van der Waals surface area contributed by atoms with Crippen LogP contribution >= 0.6 is 0 Å². The first kappa shape index (κ1) is 10.9. The van der Waals surface area contributed by atoms with Crippen molar-refractivity contribution in [2.45, 2.75) is 0 Å². The molecule has 1 N–H and O–H groups in total. The minimum atomic E-state index is 0.581. The molecule has 1 fully saturated rings. The van der Waals surface area contributed by atoms with Gasteiger partial charge in [-0.25, -0.2) is 4.98 Å². The van der Waals surface area contributed by atoms with Crippen molar-refractivity contribution < 1.29 is 0 Å². The maximum atomic E-state index is 9.10. The van der Waals surface area contributed by atoms with E-state index < -0.39 is 0 Å². The van der Waals surface area contributed by atoms with Crippen LogP contribution in [0.2, 0.25) is 0 Å². The van der Waals surface area contributed by atoms with Crippen molar-refractivity contribution in [3.63, 3.8) is 0 Å². The number of hydrogen-bond donors (Lipinski definition) is 1. The highest BCUT2D eigenvalue weighted by atomic mass is 15.2. The summed E-state index contributed by atoms with van der Waals surface area (Å²) in [7, 11) is 0. The summed E-state index contributed by atoms with van der Waals surface area (Å²) in [6, 6.07) is 7.66. The average Bonchev–Trinajstić information content (AvgIpc) is 2.47. The number of para-hydroxylation sites is 1. The van der Waals surface area contributed by atoms with E-state index in [1.54, 1.807) is 12.3 Å². The van der Waals surface area contributed by atoms with Gasteiger partial charge in [-0.2, -0.15) is 5.26 Å². The highest BCUT2D eigenvalue weighted by Gasteiger charge is 2.13. The molecule has 90 valence electrons. The Balaban J connectivity index is 2.07. The minimum absolute atomic E-state index is 0.581. The van der Waals surface area contributed by atoms with Crippen LogP contribution < -0.4 is 10.2 Å². The Morgan fingerprint density at radius 1 is 1.28 bits per heavy atom. The van der Waals surface area contributed by atoms with Gasteiger partial charge >= 0.3 is 0 Å². The molecule has 5 heteroatoms. The van der Waals surface area contributed by atoms with E-state index in [4.69, 9.17) is 5.26 Å². The van der Waals surface area contributed by atoms with E-state index in [9.17, 15) is 0 Å². The fourth-order valence-electron chi connectivity index (χ4n) is 2.16. The Kier molecular flexibility index (Phi) is 2.79. The second-order valence-electron chi connectivity index (χ2n) is 4.25. The van der Waals surface area contributed by atoms with E-state index in [0.29, 0.717) is 11.1 Å². The number of nitrogens with one attached hydrogen (secondary N) is 1. The third-order valence-electron chi connectivity index (χ3n) is 3.12. The zero-order valence-corrected chi connectivity index (χ0v) is 9.93. The molecule has 1 saturated heterocycles. The van der Waals surface area contributed by atoms with E-state index in [-0.39, 0.29) is 0 Å². The third kappa shape index (κ3) is 1.87. The summed E-state index contributed by atoms with van der Waals surface area (Å²) < 4.78 is 0. The van der Waals surface area contributed by atoms with Crippen LogP contribution in [-0.4, -0.2) is 36.1 Å². The van der Waals surface area contributed by atoms with Crippen LogP contribution in [0.1, 0.15) is 5.56 Å². The normalized spacial score (nSPS) is 15.6. The minimum Gasteiger partial charge on any atom is -0.353 e. The monoisotopic (exact) mass is 239 g/mol. The molecule has 0 radical (unpaired) electrons. The quantitative estimate of drug-likeness (QED) is 0.801. The van der Waals surface area contributed by atoms with Crippen LogP contribution in [0, 0.1) is 11.3 Å². The standard InChI is InChI=1S/C13H13N5/c14-8-10-2-1-3-11-13(10)17-12(9-16-11)18-6-4-15-5-7-18/h1-3,9,15H,4-7H2. The number of piperazine rings is 1. The molecule has 1 aromatic carbocycles. The summed E-state index contributed by atoms with van der Waals surface area (Å²) in [6.07, 6.45) is 1.79. The van der Waals surface area contributed by atoms with Crippen LogP contribution in [0.5, 0.6) is 0 Å². The summed E-state index contributed by atoms with van der Waals surface area (Å²) in [5.41, 5.74) is 2.04. The number of anilines is 1. The fourth-order valence-corrected chi connectivity index (χ4v) is 2.16. The molecule has 0 bridgehead atoms. The first-order valence-electron chi connectivity index (χ1n) is 6.00. The number of aromatic nitrogens is 2. The summed E-state index contributed by atoms with van der Waals surface area (Å²) >= 11 is 0. The molecule has 2 heterocycles. The SMILES string of the molecule is N#Cc1cccc2ncc(N3CCNCC3)nc12. The molecule has 18 heavy (non-hydrogen) atoms. The van der Waals surface area contributed by atoms with Crippen molar-refractivity contribution in [3.8, 4) is 6.07 Å². The lowest BCUT2D eigenvalue weighted by atomic mass is 10.2. The first-order chi connectivity index (χ1) is 8.88. The number of nitrogens with zero attached hydrogens (tertiary/aromatic N) is 4. The molecule has 0 amide bonds. The molecule has 0 atom stereocenters. The molecule has 5 nitrogen and oxygen atoms in total. The fraction of sp³-hybridized carbons (Fsp3) is 0.308. The smallest absolute Gasteiger partial charge is 0.147 e. The second-order valence-corrected chi connectivity index (χ2v) is 4.25. The van der Waals surface area contributed by atoms with Gasteiger partial charge < -0.3 is 10.2 Å². The molecule has 0 unspecified atom stereocenters. The van der Waals surface area contributed by atoms with E-state index in [0.717, 1.165) is 37.5 Å².